The fourth-order valence-corrected chi connectivity index (χ4v) is 3.12. The van der Waals surface area contributed by atoms with Gasteiger partial charge in [-0.1, -0.05) is 18.5 Å². The maximum atomic E-state index is 12.3. The van der Waals surface area contributed by atoms with Crippen LogP contribution in [0.2, 0.25) is 5.02 Å². The summed E-state index contributed by atoms with van der Waals surface area (Å²) in [6, 6.07) is 0. The first-order valence-corrected chi connectivity index (χ1v) is 9.56. The van der Waals surface area contributed by atoms with Crippen molar-refractivity contribution in [1.82, 2.24) is 24.9 Å². The van der Waals surface area contributed by atoms with Gasteiger partial charge >= 0.3 is 0 Å². The van der Waals surface area contributed by atoms with E-state index in [1.165, 1.54) is 0 Å². The summed E-state index contributed by atoms with van der Waals surface area (Å²) in [6.07, 6.45) is 0.808. The summed E-state index contributed by atoms with van der Waals surface area (Å²) in [5.41, 5.74) is 3.79. The lowest BCUT2D eigenvalue weighted by Crippen LogP contribution is -2.33. The van der Waals surface area contributed by atoms with Crippen molar-refractivity contribution >= 4 is 33.4 Å². The van der Waals surface area contributed by atoms with Crippen molar-refractivity contribution in [2.24, 2.45) is 5.92 Å². The Balaban J connectivity index is 1.79. The van der Waals surface area contributed by atoms with E-state index in [0.717, 1.165) is 40.2 Å². The van der Waals surface area contributed by atoms with E-state index >= 15 is 0 Å². The Morgan fingerprint density at radius 2 is 1.80 bits per heavy atom. The molecule has 2 aromatic rings. The molecule has 0 aromatic carbocycles. The highest BCUT2D eigenvalue weighted by molar-refractivity contribution is 9.10. The standard InChI is InChI=1S/C17H25BrClN5O/c1-10(9-24-13(4)15(18)11(2)21-24)17(25)20-7-6-8-23-14(5)16(19)12(3)22-23/h10H,6-9H2,1-5H3,(H,20,25). The van der Waals surface area contributed by atoms with Gasteiger partial charge in [-0.3, -0.25) is 14.2 Å². The average Bonchev–Trinajstić information content (AvgIpc) is 2.96. The molecule has 0 aliphatic rings. The highest BCUT2D eigenvalue weighted by Gasteiger charge is 2.17. The molecule has 0 bridgehead atoms. The van der Waals surface area contributed by atoms with Crippen LogP contribution in [0.3, 0.4) is 0 Å². The Kier molecular flexibility index (Phi) is 6.68. The summed E-state index contributed by atoms with van der Waals surface area (Å²) in [5.74, 6) is -0.108. The lowest BCUT2D eigenvalue weighted by Gasteiger charge is -2.13. The second-order valence-electron chi connectivity index (χ2n) is 6.42. The quantitative estimate of drug-likeness (QED) is 0.683. The molecule has 1 N–H and O–H groups in total. The summed E-state index contributed by atoms with van der Waals surface area (Å²) in [7, 11) is 0. The zero-order chi connectivity index (χ0) is 18.7. The maximum Gasteiger partial charge on any atom is 0.224 e. The Morgan fingerprint density at radius 1 is 1.16 bits per heavy atom. The zero-order valence-corrected chi connectivity index (χ0v) is 17.7. The van der Waals surface area contributed by atoms with E-state index < -0.39 is 0 Å². The van der Waals surface area contributed by atoms with Crippen LogP contribution in [0.25, 0.3) is 0 Å². The molecule has 0 saturated carbocycles. The fourth-order valence-electron chi connectivity index (χ4n) is 2.70. The number of carbonyl (C=O) groups excluding carboxylic acids is 1. The summed E-state index contributed by atoms with van der Waals surface area (Å²) in [4.78, 5) is 12.3. The lowest BCUT2D eigenvalue weighted by molar-refractivity contribution is -0.124. The zero-order valence-electron chi connectivity index (χ0n) is 15.4. The van der Waals surface area contributed by atoms with E-state index in [9.17, 15) is 4.79 Å². The monoisotopic (exact) mass is 429 g/mol. The Bertz CT molecular complexity index is 768. The van der Waals surface area contributed by atoms with Crippen molar-refractivity contribution in [3.05, 3.63) is 32.3 Å². The van der Waals surface area contributed by atoms with Crippen molar-refractivity contribution in [2.75, 3.05) is 6.54 Å². The Morgan fingerprint density at radius 3 is 2.32 bits per heavy atom. The van der Waals surface area contributed by atoms with E-state index in [1.54, 1.807) is 0 Å². The molecule has 1 unspecified atom stereocenters. The summed E-state index contributed by atoms with van der Waals surface area (Å²) in [5, 5.41) is 12.6. The van der Waals surface area contributed by atoms with Gasteiger partial charge in [0.15, 0.2) is 0 Å². The van der Waals surface area contributed by atoms with Crippen molar-refractivity contribution in [1.29, 1.82) is 0 Å². The first-order valence-electron chi connectivity index (χ1n) is 8.39. The van der Waals surface area contributed by atoms with Gasteiger partial charge in [0, 0.05) is 18.8 Å². The van der Waals surface area contributed by atoms with Crippen molar-refractivity contribution in [3.8, 4) is 0 Å². The normalized spacial score (nSPS) is 12.4. The van der Waals surface area contributed by atoms with Gasteiger partial charge in [-0.15, -0.1) is 0 Å². The van der Waals surface area contributed by atoms with Crippen LogP contribution >= 0.6 is 27.5 Å². The molecule has 0 radical (unpaired) electrons. The highest BCUT2D eigenvalue weighted by atomic mass is 79.9. The Hall–Kier alpha value is -1.34. The van der Waals surface area contributed by atoms with Gasteiger partial charge in [0.1, 0.15) is 0 Å². The van der Waals surface area contributed by atoms with E-state index in [1.807, 2.05) is 44.0 Å². The van der Waals surface area contributed by atoms with Crippen LogP contribution in [0.1, 0.15) is 36.1 Å². The Labute approximate surface area is 162 Å². The topological polar surface area (TPSA) is 64.7 Å². The third-order valence-electron chi connectivity index (χ3n) is 4.33. The van der Waals surface area contributed by atoms with Gasteiger partial charge in [0.25, 0.3) is 0 Å². The second kappa shape index (κ2) is 8.36. The molecule has 0 aliphatic carbocycles. The number of amides is 1. The van der Waals surface area contributed by atoms with Crippen molar-refractivity contribution < 1.29 is 4.79 Å². The van der Waals surface area contributed by atoms with Crippen LogP contribution < -0.4 is 5.32 Å². The molecule has 2 aromatic heterocycles. The fraction of sp³-hybridized carbons (Fsp3) is 0.588. The second-order valence-corrected chi connectivity index (χ2v) is 7.59. The summed E-state index contributed by atoms with van der Waals surface area (Å²) < 4.78 is 4.77. The molecule has 2 heterocycles. The van der Waals surface area contributed by atoms with E-state index in [0.29, 0.717) is 18.1 Å². The van der Waals surface area contributed by atoms with Crippen LogP contribution in [0, 0.1) is 33.6 Å². The molecular formula is C17H25BrClN5O. The molecule has 0 fully saturated rings. The number of carbonyl (C=O) groups is 1. The minimum atomic E-state index is -0.145. The SMILES string of the molecule is Cc1nn(CCCNC(=O)C(C)Cn2nc(C)c(Br)c2C)c(C)c1Cl. The number of nitrogens with zero attached hydrogens (tertiary/aromatic N) is 4. The van der Waals surface area contributed by atoms with Gasteiger partial charge in [0.05, 0.1) is 39.0 Å². The highest BCUT2D eigenvalue weighted by Crippen LogP contribution is 2.21. The predicted octanol–water partition coefficient (Wildman–Crippen LogP) is 3.57. The number of aromatic nitrogens is 4. The lowest BCUT2D eigenvalue weighted by atomic mass is 10.1. The molecule has 138 valence electrons. The van der Waals surface area contributed by atoms with Crippen LogP contribution in [0.15, 0.2) is 4.47 Å². The first-order chi connectivity index (χ1) is 11.7. The van der Waals surface area contributed by atoms with Crippen LogP contribution in [0.5, 0.6) is 0 Å². The number of rotatable bonds is 7. The van der Waals surface area contributed by atoms with Gasteiger partial charge in [-0.2, -0.15) is 10.2 Å². The molecule has 2 rings (SSSR count). The van der Waals surface area contributed by atoms with Crippen molar-refractivity contribution in [2.45, 2.75) is 54.1 Å². The number of nitrogens with one attached hydrogen (secondary N) is 1. The van der Waals surface area contributed by atoms with Gasteiger partial charge in [-0.25, -0.2) is 0 Å². The molecular weight excluding hydrogens is 406 g/mol. The molecule has 0 spiro atoms. The predicted molar refractivity (Wildman–Crippen MR) is 103 cm³/mol. The average molecular weight is 431 g/mol. The molecule has 0 aliphatic heterocycles. The van der Waals surface area contributed by atoms with Gasteiger partial charge < -0.3 is 5.32 Å². The minimum Gasteiger partial charge on any atom is -0.356 e. The largest absolute Gasteiger partial charge is 0.356 e. The molecule has 1 amide bonds. The van der Waals surface area contributed by atoms with E-state index in [2.05, 4.69) is 31.4 Å². The third kappa shape index (κ3) is 4.64. The van der Waals surface area contributed by atoms with Crippen molar-refractivity contribution in [3.63, 3.8) is 0 Å². The van der Waals surface area contributed by atoms with Gasteiger partial charge in [0.2, 0.25) is 5.91 Å². The summed E-state index contributed by atoms with van der Waals surface area (Å²) in [6.45, 7) is 11.6. The number of halogens is 2. The molecule has 0 saturated heterocycles. The molecule has 6 nitrogen and oxygen atoms in total. The molecule has 8 heteroatoms. The maximum absolute atomic E-state index is 12.3. The number of hydrogen-bond acceptors (Lipinski definition) is 3. The van der Waals surface area contributed by atoms with Gasteiger partial charge in [-0.05, 0) is 50.0 Å². The smallest absolute Gasteiger partial charge is 0.224 e. The molecule has 25 heavy (non-hydrogen) atoms. The van der Waals surface area contributed by atoms with Crippen LogP contribution in [0.4, 0.5) is 0 Å². The van der Waals surface area contributed by atoms with E-state index in [-0.39, 0.29) is 11.8 Å². The number of hydrogen-bond donors (Lipinski definition) is 1. The van der Waals surface area contributed by atoms with Crippen LogP contribution in [-0.4, -0.2) is 32.0 Å². The van der Waals surface area contributed by atoms with Crippen LogP contribution in [-0.2, 0) is 17.9 Å². The summed E-state index contributed by atoms with van der Waals surface area (Å²) >= 11 is 9.65. The molecule has 1 atom stereocenters. The minimum absolute atomic E-state index is 0.0371. The van der Waals surface area contributed by atoms with E-state index in [4.69, 9.17) is 11.6 Å². The number of aryl methyl sites for hydroxylation is 3. The first kappa shape index (κ1) is 20.0. The third-order valence-corrected chi connectivity index (χ3v) is 6.02.